The molecule has 0 fully saturated rings. The van der Waals surface area contributed by atoms with Crippen LogP contribution in [0.15, 0.2) is 0 Å². The van der Waals surface area contributed by atoms with Gasteiger partial charge in [0.25, 0.3) is 0 Å². The first-order chi connectivity index (χ1) is 6.91. The predicted molar refractivity (Wildman–Crippen MR) is 60.0 cm³/mol. The van der Waals surface area contributed by atoms with Gasteiger partial charge in [0.1, 0.15) is 0 Å². The van der Waals surface area contributed by atoms with Gasteiger partial charge in [0.15, 0.2) is 0 Å². The molecule has 0 aliphatic rings. The molecule has 0 rings (SSSR count). The van der Waals surface area contributed by atoms with Crippen LogP contribution in [-0.4, -0.2) is 32.7 Å². The average molecular weight is 236 g/mol. The first kappa shape index (κ1) is 14.4. The zero-order chi connectivity index (χ0) is 11.9. The Bertz CT molecular complexity index is 288. The van der Waals surface area contributed by atoms with Crippen LogP contribution in [0.5, 0.6) is 0 Å². The summed E-state index contributed by atoms with van der Waals surface area (Å²) in [4.78, 5) is 11.2. The Labute approximate surface area is 91.7 Å². The fraction of sp³-hybridized carbons (Fsp3) is 0.889. The molecule has 1 atom stereocenters. The number of carbonyl (C=O) groups excluding carboxylic acids is 1. The molecule has 0 bridgehead atoms. The molecule has 15 heavy (non-hydrogen) atoms. The Balaban J connectivity index is 3.74. The molecular formula is C9H20N2O3S. The van der Waals surface area contributed by atoms with Crippen LogP contribution in [0, 0.1) is 0 Å². The molecule has 0 heterocycles. The molecule has 0 radical (unpaired) electrons. The smallest absolute Gasteiger partial charge is 0.221 e. The quantitative estimate of drug-likeness (QED) is 0.664. The zero-order valence-electron chi connectivity index (χ0n) is 9.54. The summed E-state index contributed by atoms with van der Waals surface area (Å²) in [6.45, 7) is 5.61. The van der Waals surface area contributed by atoms with E-state index in [1.807, 2.05) is 13.8 Å². The monoisotopic (exact) mass is 236 g/mol. The summed E-state index contributed by atoms with van der Waals surface area (Å²) < 4.78 is 24.4. The molecular weight excluding hydrogens is 216 g/mol. The minimum absolute atomic E-state index is 0.0416. The number of rotatable bonds is 7. The van der Waals surface area contributed by atoms with E-state index in [4.69, 9.17) is 0 Å². The van der Waals surface area contributed by atoms with Crippen LogP contribution in [0.4, 0.5) is 0 Å². The summed E-state index contributed by atoms with van der Waals surface area (Å²) in [6, 6.07) is 0.139. The lowest BCUT2D eigenvalue weighted by Gasteiger charge is -2.11. The number of sulfonamides is 1. The number of amides is 1. The molecule has 0 spiro atoms. The largest absolute Gasteiger partial charge is 0.354 e. The Morgan fingerprint density at radius 3 is 2.40 bits per heavy atom. The first-order valence-electron chi connectivity index (χ1n) is 5.18. The van der Waals surface area contributed by atoms with Crippen molar-refractivity contribution in [1.82, 2.24) is 10.0 Å². The van der Waals surface area contributed by atoms with Gasteiger partial charge in [-0.3, -0.25) is 4.79 Å². The second-order valence-electron chi connectivity index (χ2n) is 3.42. The highest BCUT2D eigenvalue weighted by atomic mass is 32.2. The van der Waals surface area contributed by atoms with Crippen molar-refractivity contribution in [2.45, 2.75) is 39.7 Å². The van der Waals surface area contributed by atoms with Gasteiger partial charge in [-0.1, -0.05) is 6.92 Å². The summed E-state index contributed by atoms with van der Waals surface area (Å²) in [7, 11) is -3.18. The van der Waals surface area contributed by atoms with Crippen molar-refractivity contribution in [3.63, 3.8) is 0 Å². The van der Waals surface area contributed by atoms with E-state index < -0.39 is 10.0 Å². The number of carbonyl (C=O) groups is 1. The molecule has 5 nitrogen and oxygen atoms in total. The molecule has 2 N–H and O–H groups in total. The van der Waals surface area contributed by atoms with Crippen molar-refractivity contribution >= 4 is 15.9 Å². The molecule has 0 saturated heterocycles. The Hall–Kier alpha value is -0.620. The highest BCUT2D eigenvalue weighted by molar-refractivity contribution is 7.89. The Kier molecular flexibility index (Phi) is 6.51. The van der Waals surface area contributed by atoms with Gasteiger partial charge in [0.05, 0.1) is 5.75 Å². The first-order valence-corrected chi connectivity index (χ1v) is 6.83. The zero-order valence-corrected chi connectivity index (χ0v) is 10.4. The van der Waals surface area contributed by atoms with Crippen molar-refractivity contribution < 1.29 is 13.2 Å². The SMILES string of the molecule is CCC(C)NC(=O)CCNS(=O)(=O)CC. The number of nitrogens with one attached hydrogen (secondary N) is 2. The lowest BCUT2D eigenvalue weighted by Crippen LogP contribution is -2.35. The Morgan fingerprint density at radius 1 is 1.33 bits per heavy atom. The van der Waals surface area contributed by atoms with E-state index in [0.717, 1.165) is 6.42 Å². The highest BCUT2D eigenvalue weighted by Gasteiger charge is 2.08. The van der Waals surface area contributed by atoms with Crippen LogP contribution in [0.25, 0.3) is 0 Å². The summed E-state index contributed by atoms with van der Waals surface area (Å²) in [5.74, 6) is -0.0804. The minimum Gasteiger partial charge on any atom is -0.354 e. The number of hydrogen-bond donors (Lipinski definition) is 2. The fourth-order valence-corrected chi connectivity index (χ4v) is 1.49. The van der Waals surface area contributed by atoms with Gasteiger partial charge < -0.3 is 5.32 Å². The standard InChI is InChI=1S/C9H20N2O3S/c1-4-8(3)11-9(12)6-7-10-15(13,14)5-2/h8,10H,4-7H2,1-3H3,(H,11,12). The van der Waals surface area contributed by atoms with E-state index >= 15 is 0 Å². The van der Waals surface area contributed by atoms with Gasteiger partial charge in [0.2, 0.25) is 15.9 Å². The molecule has 0 saturated carbocycles. The number of hydrogen-bond acceptors (Lipinski definition) is 3. The topological polar surface area (TPSA) is 75.3 Å². The highest BCUT2D eigenvalue weighted by Crippen LogP contribution is 1.90. The van der Waals surface area contributed by atoms with Crippen molar-refractivity contribution in [3.05, 3.63) is 0 Å². The van der Waals surface area contributed by atoms with Gasteiger partial charge in [-0.15, -0.1) is 0 Å². The lowest BCUT2D eigenvalue weighted by molar-refractivity contribution is -0.121. The van der Waals surface area contributed by atoms with Crippen LogP contribution in [-0.2, 0) is 14.8 Å². The van der Waals surface area contributed by atoms with Crippen molar-refractivity contribution in [2.24, 2.45) is 0 Å². The van der Waals surface area contributed by atoms with Gasteiger partial charge in [-0.05, 0) is 20.3 Å². The van der Waals surface area contributed by atoms with Crippen LogP contribution >= 0.6 is 0 Å². The van der Waals surface area contributed by atoms with Gasteiger partial charge >= 0.3 is 0 Å². The van der Waals surface area contributed by atoms with Gasteiger partial charge in [0, 0.05) is 19.0 Å². The maximum atomic E-state index is 11.2. The second-order valence-corrected chi connectivity index (χ2v) is 5.52. The molecule has 0 aliphatic carbocycles. The third kappa shape index (κ3) is 7.33. The van der Waals surface area contributed by atoms with Crippen LogP contribution < -0.4 is 10.0 Å². The molecule has 1 unspecified atom stereocenters. The lowest BCUT2D eigenvalue weighted by atomic mass is 10.2. The van der Waals surface area contributed by atoms with Crippen LogP contribution in [0.3, 0.4) is 0 Å². The third-order valence-corrected chi connectivity index (χ3v) is 3.48. The van der Waals surface area contributed by atoms with Gasteiger partial charge in [-0.2, -0.15) is 0 Å². The van der Waals surface area contributed by atoms with E-state index in [1.54, 1.807) is 6.92 Å². The Morgan fingerprint density at radius 2 is 1.93 bits per heavy atom. The van der Waals surface area contributed by atoms with E-state index in [1.165, 1.54) is 0 Å². The summed E-state index contributed by atoms with van der Waals surface area (Å²) >= 11 is 0. The fourth-order valence-electron chi connectivity index (χ4n) is 0.871. The van der Waals surface area contributed by atoms with Crippen molar-refractivity contribution in [2.75, 3.05) is 12.3 Å². The van der Waals surface area contributed by atoms with Crippen LogP contribution in [0.1, 0.15) is 33.6 Å². The summed E-state index contributed by atoms with van der Waals surface area (Å²) in [5.41, 5.74) is 0. The summed E-state index contributed by atoms with van der Waals surface area (Å²) in [5, 5.41) is 2.76. The molecule has 0 aromatic heterocycles. The minimum atomic E-state index is -3.18. The molecule has 0 aromatic rings. The van der Waals surface area contributed by atoms with Gasteiger partial charge in [-0.25, -0.2) is 13.1 Å². The van der Waals surface area contributed by atoms with Crippen molar-refractivity contribution in [3.8, 4) is 0 Å². The average Bonchev–Trinajstić information content (AvgIpc) is 2.17. The molecule has 0 aliphatic heterocycles. The maximum absolute atomic E-state index is 11.2. The van der Waals surface area contributed by atoms with Crippen molar-refractivity contribution in [1.29, 1.82) is 0 Å². The molecule has 6 heteroatoms. The molecule has 90 valence electrons. The molecule has 0 aromatic carbocycles. The third-order valence-electron chi connectivity index (χ3n) is 2.07. The molecule has 1 amide bonds. The predicted octanol–water partition coefficient (Wildman–Crippen LogP) is 0.231. The van der Waals surface area contributed by atoms with E-state index in [2.05, 4.69) is 10.0 Å². The van der Waals surface area contributed by atoms with Crippen LogP contribution in [0.2, 0.25) is 0 Å². The second kappa shape index (κ2) is 6.79. The van der Waals surface area contributed by atoms with E-state index in [-0.39, 0.29) is 30.7 Å². The summed E-state index contributed by atoms with van der Waals surface area (Å²) in [6.07, 6.45) is 1.05. The maximum Gasteiger partial charge on any atom is 0.221 e. The normalized spacial score (nSPS) is 13.5. The van der Waals surface area contributed by atoms with E-state index in [0.29, 0.717) is 0 Å². The van der Waals surface area contributed by atoms with E-state index in [9.17, 15) is 13.2 Å².